The van der Waals surface area contributed by atoms with Crippen LogP contribution in [0.3, 0.4) is 0 Å². The van der Waals surface area contributed by atoms with Crippen LogP contribution in [0.4, 0.5) is 5.69 Å². The number of nitrogens with one attached hydrogen (secondary N) is 1. The van der Waals surface area contributed by atoms with E-state index in [1.165, 1.54) is 12.1 Å². The molecule has 0 aliphatic carbocycles. The Balaban J connectivity index is 2.02. The van der Waals surface area contributed by atoms with Crippen LogP contribution in [-0.2, 0) is 0 Å². The van der Waals surface area contributed by atoms with Crippen molar-refractivity contribution < 1.29 is 4.74 Å². The van der Waals surface area contributed by atoms with Crippen molar-refractivity contribution in [3.05, 3.63) is 24.3 Å². The normalized spacial score (nSPS) is 19.2. The second-order valence-corrected chi connectivity index (χ2v) is 5.54. The summed E-state index contributed by atoms with van der Waals surface area (Å²) in [6.45, 7) is 10.8. The Morgan fingerprint density at radius 2 is 2.16 bits per heavy atom. The molecule has 0 aromatic heterocycles. The fourth-order valence-corrected chi connectivity index (χ4v) is 2.64. The van der Waals surface area contributed by atoms with Gasteiger partial charge in [0.05, 0.1) is 11.8 Å². The summed E-state index contributed by atoms with van der Waals surface area (Å²) >= 11 is 0. The van der Waals surface area contributed by atoms with E-state index in [-0.39, 0.29) is 6.10 Å². The van der Waals surface area contributed by atoms with E-state index in [0.29, 0.717) is 0 Å². The zero-order valence-electron chi connectivity index (χ0n) is 12.4. The zero-order chi connectivity index (χ0) is 13.7. The number of hydrogen-bond acceptors (Lipinski definition) is 3. The van der Waals surface area contributed by atoms with Crippen molar-refractivity contribution in [2.24, 2.45) is 5.92 Å². The third-order valence-corrected chi connectivity index (χ3v) is 3.54. The number of benzene rings is 1. The van der Waals surface area contributed by atoms with Gasteiger partial charge in [-0.05, 0) is 51.4 Å². The van der Waals surface area contributed by atoms with E-state index in [4.69, 9.17) is 4.74 Å². The molecule has 0 bridgehead atoms. The minimum atomic E-state index is 0.223. The second-order valence-electron chi connectivity index (χ2n) is 5.54. The second kappa shape index (κ2) is 6.80. The topological polar surface area (TPSA) is 24.5 Å². The molecular formula is C16H26N2O. The molecule has 1 aromatic rings. The maximum absolute atomic E-state index is 5.92. The lowest BCUT2D eigenvalue weighted by Gasteiger charge is -2.23. The van der Waals surface area contributed by atoms with Crippen LogP contribution in [0.5, 0.6) is 5.75 Å². The summed E-state index contributed by atoms with van der Waals surface area (Å²) in [4.78, 5) is 2.46. The summed E-state index contributed by atoms with van der Waals surface area (Å²) in [7, 11) is 0. The average molecular weight is 262 g/mol. The van der Waals surface area contributed by atoms with Gasteiger partial charge >= 0.3 is 0 Å². The molecule has 3 heteroatoms. The number of nitrogens with zero attached hydrogens (tertiary/aromatic N) is 1. The minimum Gasteiger partial charge on any atom is -0.489 e. The van der Waals surface area contributed by atoms with Gasteiger partial charge in [-0.2, -0.15) is 0 Å². The highest BCUT2D eigenvalue weighted by atomic mass is 16.5. The number of rotatable bonds is 6. The van der Waals surface area contributed by atoms with Crippen molar-refractivity contribution in [2.75, 3.05) is 31.1 Å². The predicted octanol–water partition coefficient (Wildman–Crippen LogP) is 2.91. The monoisotopic (exact) mass is 262 g/mol. The quantitative estimate of drug-likeness (QED) is 0.853. The smallest absolute Gasteiger partial charge is 0.142 e. The van der Waals surface area contributed by atoms with Crippen LogP contribution >= 0.6 is 0 Å². The molecule has 19 heavy (non-hydrogen) atoms. The van der Waals surface area contributed by atoms with E-state index in [1.807, 2.05) is 6.07 Å². The van der Waals surface area contributed by atoms with Crippen molar-refractivity contribution >= 4 is 5.69 Å². The van der Waals surface area contributed by atoms with Gasteiger partial charge < -0.3 is 15.0 Å². The molecule has 0 radical (unpaired) electrons. The van der Waals surface area contributed by atoms with Crippen molar-refractivity contribution in [1.82, 2.24) is 5.32 Å². The maximum atomic E-state index is 5.92. The highest BCUT2D eigenvalue weighted by Crippen LogP contribution is 2.32. The van der Waals surface area contributed by atoms with Crippen molar-refractivity contribution in [2.45, 2.75) is 33.3 Å². The summed E-state index contributed by atoms with van der Waals surface area (Å²) in [5.74, 6) is 1.77. The lowest BCUT2D eigenvalue weighted by molar-refractivity contribution is 0.243. The van der Waals surface area contributed by atoms with E-state index in [1.54, 1.807) is 0 Å². The summed E-state index contributed by atoms with van der Waals surface area (Å²) in [6, 6.07) is 8.40. The van der Waals surface area contributed by atoms with E-state index in [0.717, 1.165) is 37.8 Å². The summed E-state index contributed by atoms with van der Waals surface area (Å²) in [5, 5.41) is 3.45. The molecule has 0 saturated carbocycles. The largest absolute Gasteiger partial charge is 0.489 e. The number of anilines is 1. The number of hydrogen-bond donors (Lipinski definition) is 1. The van der Waals surface area contributed by atoms with Crippen LogP contribution < -0.4 is 15.0 Å². The van der Waals surface area contributed by atoms with E-state index in [2.05, 4.69) is 49.2 Å². The third kappa shape index (κ3) is 3.87. The fraction of sp³-hybridized carbons (Fsp3) is 0.625. The fourth-order valence-electron chi connectivity index (χ4n) is 2.64. The van der Waals surface area contributed by atoms with Crippen molar-refractivity contribution in [3.63, 3.8) is 0 Å². The van der Waals surface area contributed by atoms with Crippen LogP contribution in [0.2, 0.25) is 0 Å². The van der Waals surface area contributed by atoms with E-state index >= 15 is 0 Å². The molecule has 3 nitrogen and oxygen atoms in total. The van der Waals surface area contributed by atoms with Gasteiger partial charge in [0.2, 0.25) is 0 Å². The first-order valence-corrected chi connectivity index (χ1v) is 7.42. The van der Waals surface area contributed by atoms with Crippen LogP contribution in [0.15, 0.2) is 24.3 Å². The molecule has 1 aliphatic heterocycles. The highest BCUT2D eigenvalue weighted by Gasteiger charge is 2.24. The van der Waals surface area contributed by atoms with Crippen molar-refractivity contribution in [3.8, 4) is 5.75 Å². The van der Waals surface area contributed by atoms with Crippen LogP contribution in [0, 0.1) is 5.92 Å². The lowest BCUT2D eigenvalue weighted by atomic mass is 10.1. The van der Waals surface area contributed by atoms with Crippen LogP contribution in [0.25, 0.3) is 0 Å². The van der Waals surface area contributed by atoms with Crippen molar-refractivity contribution in [1.29, 1.82) is 0 Å². The average Bonchev–Trinajstić information content (AvgIpc) is 2.85. The Kier molecular flexibility index (Phi) is 5.08. The molecule has 1 fully saturated rings. The zero-order valence-corrected chi connectivity index (χ0v) is 12.4. The standard InChI is InChI=1S/C16H26N2O/c1-4-17-11-14-9-10-18(12-14)15-7-5-6-8-16(15)19-13(2)3/h5-8,13-14,17H,4,9-12H2,1-3H3. The third-order valence-electron chi connectivity index (χ3n) is 3.54. The van der Waals surface area contributed by atoms with Crippen LogP contribution in [-0.4, -0.2) is 32.3 Å². The molecule has 1 heterocycles. The first-order chi connectivity index (χ1) is 9.20. The summed E-state index contributed by atoms with van der Waals surface area (Å²) in [5.41, 5.74) is 1.25. The molecule has 1 saturated heterocycles. The van der Waals surface area contributed by atoms with Gasteiger partial charge in [-0.25, -0.2) is 0 Å². The Labute approximate surface area is 116 Å². The minimum absolute atomic E-state index is 0.223. The molecule has 2 rings (SSSR count). The van der Waals surface area contributed by atoms with Gasteiger partial charge in [-0.3, -0.25) is 0 Å². The number of ether oxygens (including phenoxy) is 1. The van der Waals surface area contributed by atoms with Gasteiger partial charge in [0, 0.05) is 13.1 Å². The predicted molar refractivity (Wildman–Crippen MR) is 81.1 cm³/mol. The lowest BCUT2D eigenvalue weighted by Crippen LogP contribution is -2.26. The van der Waals surface area contributed by atoms with E-state index < -0.39 is 0 Å². The molecule has 0 amide bonds. The molecular weight excluding hydrogens is 236 g/mol. The Morgan fingerprint density at radius 3 is 2.89 bits per heavy atom. The summed E-state index contributed by atoms with van der Waals surface area (Å²) < 4.78 is 5.92. The Bertz CT molecular complexity index is 392. The molecule has 1 unspecified atom stereocenters. The first kappa shape index (κ1) is 14.2. The van der Waals surface area contributed by atoms with Gasteiger partial charge in [-0.1, -0.05) is 19.1 Å². The van der Waals surface area contributed by atoms with Gasteiger partial charge in [0.15, 0.2) is 0 Å². The summed E-state index contributed by atoms with van der Waals surface area (Å²) in [6.07, 6.45) is 1.49. The Hall–Kier alpha value is -1.22. The molecule has 106 valence electrons. The molecule has 1 atom stereocenters. The molecule has 1 aliphatic rings. The van der Waals surface area contributed by atoms with Crippen LogP contribution in [0.1, 0.15) is 27.2 Å². The molecule has 0 spiro atoms. The van der Waals surface area contributed by atoms with E-state index in [9.17, 15) is 0 Å². The van der Waals surface area contributed by atoms with Gasteiger partial charge in [0.25, 0.3) is 0 Å². The first-order valence-electron chi connectivity index (χ1n) is 7.42. The maximum Gasteiger partial charge on any atom is 0.142 e. The van der Waals surface area contributed by atoms with Gasteiger partial charge in [0.1, 0.15) is 5.75 Å². The Morgan fingerprint density at radius 1 is 1.37 bits per heavy atom. The molecule has 1 aromatic carbocycles. The number of para-hydroxylation sites is 2. The highest BCUT2D eigenvalue weighted by molar-refractivity contribution is 5.59. The molecule has 1 N–H and O–H groups in total. The SMILES string of the molecule is CCNCC1CCN(c2ccccc2OC(C)C)C1. The van der Waals surface area contributed by atoms with Gasteiger partial charge in [-0.15, -0.1) is 0 Å².